The van der Waals surface area contributed by atoms with Gasteiger partial charge in [-0.1, -0.05) is 17.7 Å². The Kier molecular flexibility index (Phi) is 2.86. The molecule has 6 heteroatoms. The minimum absolute atomic E-state index is 0.559. The Balaban J connectivity index is 2.61. The van der Waals surface area contributed by atoms with Crippen molar-refractivity contribution in [2.24, 2.45) is 0 Å². The summed E-state index contributed by atoms with van der Waals surface area (Å²) in [5.74, 6) is 0. The number of rotatable bonds is 3. The fourth-order valence-electron chi connectivity index (χ4n) is 0.760. The molecule has 72 valence electrons. The highest BCUT2D eigenvalue weighted by Gasteiger charge is 2.00. The Hall–Kier alpha value is -1.11. The van der Waals surface area contributed by atoms with Crippen molar-refractivity contribution in [3.8, 4) is 0 Å². The summed E-state index contributed by atoms with van der Waals surface area (Å²) < 4.78 is 28.8. The molecule has 13 heavy (non-hydrogen) atoms. The monoisotopic (exact) mass is 202 g/mol. The largest absolute Gasteiger partial charge is 0.350 e. The van der Waals surface area contributed by atoms with Crippen molar-refractivity contribution in [2.75, 3.05) is 5.43 Å². The summed E-state index contributed by atoms with van der Waals surface area (Å²) in [4.78, 5) is 1.74. The Morgan fingerprint density at radius 3 is 2.23 bits per heavy atom. The zero-order chi connectivity index (χ0) is 9.90. The van der Waals surface area contributed by atoms with Crippen molar-refractivity contribution >= 4 is 16.0 Å². The molecule has 0 saturated carbocycles. The zero-order valence-corrected chi connectivity index (χ0v) is 7.80. The molecule has 0 bridgehead atoms. The van der Waals surface area contributed by atoms with Crippen molar-refractivity contribution in [3.63, 3.8) is 0 Å². The smallest absolute Gasteiger partial charge is 0.306 e. The van der Waals surface area contributed by atoms with Gasteiger partial charge in [-0.05, 0) is 19.1 Å². The Bertz CT molecular complexity index is 371. The van der Waals surface area contributed by atoms with Gasteiger partial charge in [0.1, 0.15) is 0 Å². The molecule has 0 fully saturated rings. The van der Waals surface area contributed by atoms with E-state index in [1.165, 1.54) is 0 Å². The molecule has 0 unspecified atom stereocenters. The first kappa shape index (κ1) is 9.97. The molecule has 0 heterocycles. The molecule has 0 amide bonds. The predicted molar refractivity (Wildman–Crippen MR) is 49.5 cm³/mol. The van der Waals surface area contributed by atoms with Crippen LogP contribution in [0.4, 0.5) is 5.69 Å². The number of anilines is 1. The summed E-state index contributed by atoms with van der Waals surface area (Å²) in [7, 11) is -4.19. The van der Waals surface area contributed by atoms with Gasteiger partial charge in [-0.15, -0.1) is 4.83 Å². The number of aryl methyl sites for hydroxylation is 1. The van der Waals surface area contributed by atoms with Crippen molar-refractivity contribution in [1.29, 1.82) is 0 Å². The average Bonchev–Trinajstić information content (AvgIpc) is 2.02. The van der Waals surface area contributed by atoms with Crippen LogP contribution in [-0.2, 0) is 10.3 Å². The highest BCUT2D eigenvalue weighted by Crippen LogP contribution is 2.06. The summed E-state index contributed by atoms with van der Waals surface area (Å²) >= 11 is 0. The van der Waals surface area contributed by atoms with E-state index in [2.05, 4.69) is 5.43 Å². The first-order valence-corrected chi connectivity index (χ1v) is 4.98. The fraction of sp³-hybridized carbons (Fsp3) is 0.143. The summed E-state index contributed by atoms with van der Waals surface area (Å²) in [5, 5.41) is 0. The average molecular weight is 202 g/mol. The second-order valence-corrected chi connectivity index (χ2v) is 3.72. The van der Waals surface area contributed by atoms with Crippen LogP contribution < -0.4 is 10.3 Å². The van der Waals surface area contributed by atoms with Crippen LogP contribution in [0.5, 0.6) is 0 Å². The molecule has 0 spiro atoms. The van der Waals surface area contributed by atoms with Crippen LogP contribution >= 0.6 is 0 Å². The van der Waals surface area contributed by atoms with E-state index in [0.29, 0.717) is 5.69 Å². The standard InChI is InChI=1S/C7H10N2O3S/c1-6-2-4-7(5-3-6)8-9-13(10,11)12/h2-5,8-9H,1H3,(H,10,11,12). The third-order valence-corrected chi connectivity index (χ3v) is 1.74. The summed E-state index contributed by atoms with van der Waals surface area (Å²) in [6.07, 6.45) is 0. The minimum atomic E-state index is -4.19. The molecule has 1 aromatic rings. The predicted octanol–water partition coefficient (Wildman–Crippen LogP) is 0.714. The molecular weight excluding hydrogens is 192 g/mol. The van der Waals surface area contributed by atoms with Crippen LogP contribution in [0.2, 0.25) is 0 Å². The molecule has 1 aromatic carbocycles. The number of hydrogen-bond donors (Lipinski definition) is 3. The van der Waals surface area contributed by atoms with Crippen LogP contribution in [-0.4, -0.2) is 13.0 Å². The van der Waals surface area contributed by atoms with Gasteiger partial charge >= 0.3 is 10.3 Å². The van der Waals surface area contributed by atoms with Crippen LogP contribution in [0.15, 0.2) is 24.3 Å². The normalized spacial score (nSPS) is 11.2. The number of hydrogen-bond acceptors (Lipinski definition) is 3. The van der Waals surface area contributed by atoms with Gasteiger partial charge in [-0.25, -0.2) is 0 Å². The van der Waals surface area contributed by atoms with Gasteiger partial charge in [0.15, 0.2) is 0 Å². The van der Waals surface area contributed by atoms with Gasteiger partial charge in [0.2, 0.25) is 0 Å². The van der Waals surface area contributed by atoms with E-state index in [0.717, 1.165) is 5.56 Å². The van der Waals surface area contributed by atoms with E-state index in [1.54, 1.807) is 17.0 Å². The molecule has 0 aliphatic heterocycles. The quantitative estimate of drug-likeness (QED) is 0.498. The lowest BCUT2D eigenvalue weighted by Crippen LogP contribution is -2.28. The minimum Gasteiger partial charge on any atom is -0.306 e. The van der Waals surface area contributed by atoms with Gasteiger partial charge in [0.25, 0.3) is 0 Å². The van der Waals surface area contributed by atoms with Gasteiger partial charge in [-0.2, -0.15) is 8.42 Å². The van der Waals surface area contributed by atoms with Crippen LogP contribution in [0.1, 0.15) is 5.56 Å². The third kappa shape index (κ3) is 3.88. The van der Waals surface area contributed by atoms with Crippen LogP contribution in [0.3, 0.4) is 0 Å². The third-order valence-electron chi connectivity index (χ3n) is 1.38. The first-order chi connectivity index (χ1) is 5.97. The van der Waals surface area contributed by atoms with Gasteiger partial charge in [0.05, 0.1) is 0 Å². The fourth-order valence-corrected chi connectivity index (χ4v) is 1.01. The summed E-state index contributed by atoms with van der Waals surface area (Å²) in [5.41, 5.74) is 3.95. The topological polar surface area (TPSA) is 78.4 Å². The molecule has 0 saturated heterocycles. The van der Waals surface area contributed by atoms with Crippen LogP contribution in [0, 0.1) is 6.92 Å². The van der Waals surface area contributed by atoms with E-state index < -0.39 is 10.3 Å². The first-order valence-electron chi connectivity index (χ1n) is 3.54. The number of nitrogens with one attached hydrogen (secondary N) is 2. The van der Waals surface area contributed by atoms with Gasteiger partial charge < -0.3 is 5.43 Å². The lowest BCUT2D eigenvalue weighted by Gasteiger charge is -2.04. The van der Waals surface area contributed by atoms with Crippen molar-refractivity contribution < 1.29 is 13.0 Å². The van der Waals surface area contributed by atoms with Crippen molar-refractivity contribution in [2.45, 2.75) is 6.92 Å². The zero-order valence-electron chi connectivity index (χ0n) is 6.98. The molecule has 0 aromatic heterocycles. The van der Waals surface area contributed by atoms with E-state index in [9.17, 15) is 8.42 Å². The number of hydrazine groups is 1. The maximum Gasteiger partial charge on any atom is 0.350 e. The maximum atomic E-state index is 10.3. The molecule has 0 aliphatic rings. The molecular formula is C7H10N2O3S. The highest BCUT2D eigenvalue weighted by molar-refractivity contribution is 7.83. The lowest BCUT2D eigenvalue weighted by molar-refractivity contribution is 0.473. The molecule has 0 aliphatic carbocycles. The Morgan fingerprint density at radius 2 is 1.77 bits per heavy atom. The molecule has 0 atom stereocenters. The second kappa shape index (κ2) is 3.73. The number of benzene rings is 1. The Morgan fingerprint density at radius 1 is 1.23 bits per heavy atom. The maximum absolute atomic E-state index is 10.3. The summed E-state index contributed by atoms with van der Waals surface area (Å²) in [6.45, 7) is 1.92. The van der Waals surface area contributed by atoms with Gasteiger partial charge in [0, 0.05) is 5.69 Å². The van der Waals surface area contributed by atoms with E-state index in [1.807, 2.05) is 19.1 Å². The second-order valence-electron chi connectivity index (χ2n) is 2.57. The molecule has 5 nitrogen and oxygen atoms in total. The van der Waals surface area contributed by atoms with E-state index in [-0.39, 0.29) is 0 Å². The van der Waals surface area contributed by atoms with Gasteiger partial charge in [-0.3, -0.25) is 4.55 Å². The molecule has 1 rings (SSSR count). The van der Waals surface area contributed by atoms with Crippen LogP contribution in [0.25, 0.3) is 0 Å². The lowest BCUT2D eigenvalue weighted by atomic mass is 10.2. The Labute approximate surface area is 76.6 Å². The summed E-state index contributed by atoms with van der Waals surface area (Å²) in [6, 6.07) is 7.00. The SMILES string of the molecule is Cc1ccc(NNS(=O)(=O)O)cc1. The highest BCUT2D eigenvalue weighted by atomic mass is 32.2. The van der Waals surface area contributed by atoms with Crippen molar-refractivity contribution in [3.05, 3.63) is 29.8 Å². The molecule has 0 radical (unpaired) electrons. The molecule has 3 N–H and O–H groups in total. The van der Waals surface area contributed by atoms with E-state index in [4.69, 9.17) is 4.55 Å². The van der Waals surface area contributed by atoms with Crippen molar-refractivity contribution in [1.82, 2.24) is 4.83 Å². The van der Waals surface area contributed by atoms with E-state index >= 15 is 0 Å².